The number of carboxylic acid groups (broad SMARTS) is 1. The Balaban J connectivity index is 2.24. The molecule has 2 rings (SSSR count). The highest BCUT2D eigenvalue weighted by atomic mass is 127. The molecule has 1 atom stereocenters. The van der Waals surface area contributed by atoms with E-state index >= 15 is 0 Å². The highest BCUT2D eigenvalue weighted by Gasteiger charge is 2.27. The molecule has 1 aliphatic rings. The fourth-order valence-corrected chi connectivity index (χ4v) is 7.48. The fraction of sp³-hybridized carbons (Fsp3) is 0.735. The van der Waals surface area contributed by atoms with Gasteiger partial charge < -0.3 is 40.0 Å². The molecule has 3 amide bonds. The van der Waals surface area contributed by atoms with Gasteiger partial charge in [-0.1, -0.05) is 12.1 Å². The van der Waals surface area contributed by atoms with Crippen LogP contribution in [0, 0.1) is 3.57 Å². The van der Waals surface area contributed by atoms with Crippen molar-refractivity contribution in [3.05, 3.63) is 33.4 Å². The second-order valence-corrected chi connectivity index (χ2v) is 21.6. The van der Waals surface area contributed by atoms with E-state index in [4.69, 9.17) is 24.1 Å². The number of carbonyl (C=O) groups excluding carboxylic acids is 6. The summed E-state index contributed by atoms with van der Waals surface area (Å²) >= 11 is 2.26. The maximum atomic E-state index is 14.0. The molecule has 0 bridgehead atoms. The van der Waals surface area contributed by atoms with Crippen LogP contribution in [0.25, 0.3) is 0 Å². The van der Waals surface area contributed by atoms with Crippen LogP contribution in [0.15, 0.2) is 24.3 Å². The van der Waals surface area contributed by atoms with Crippen LogP contribution >= 0.6 is 22.6 Å². The van der Waals surface area contributed by atoms with Gasteiger partial charge in [0, 0.05) is 75.4 Å². The van der Waals surface area contributed by atoms with Crippen LogP contribution in [0.2, 0.25) is 0 Å². The largest absolute Gasteiger partial charge is 0.481 e. The fourth-order valence-electron chi connectivity index (χ4n) is 7.12. The standard InChI is InChI=1S/C49H82IN7O12/c1-47(2,3)67-43(62)34-55-25-23-54(24-26-56(35-44(63)68-48(4,5)6)28-30-57(29-27-55)36-45(64)69-49(7,8)9)33-41(59)53-39(46(65)52-22-32-66-31-20-42(60)61)14-10-11-21-51-40(58)15-12-13-37-16-18-38(50)19-17-37/h16-19,39H,10-15,20-36H2,1-9H3,(H,51,58)(H,52,65)(H,53,59)(H,60,61)/t39-/m0/s1. The van der Waals surface area contributed by atoms with Gasteiger partial charge in [-0.2, -0.15) is 0 Å². The highest BCUT2D eigenvalue weighted by Crippen LogP contribution is 2.13. The molecule has 1 heterocycles. The first kappa shape index (κ1) is 61.2. The van der Waals surface area contributed by atoms with Crippen molar-refractivity contribution in [2.75, 3.05) is 105 Å². The Labute approximate surface area is 423 Å². The molecule has 0 spiro atoms. The van der Waals surface area contributed by atoms with Gasteiger partial charge >= 0.3 is 23.9 Å². The van der Waals surface area contributed by atoms with Gasteiger partial charge in [-0.3, -0.25) is 53.2 Å². The molecule has 1 fully saturated rings. The molecule has 0 aliphatic carbocycles. The minimum Gasteiger partial charge on any atom is -0.481 e. The van der Waals surface area contributed by atoms with Crippen LogP contribution in [0.4, 0.5) is 0 Å². The summed E-state index contributed by atoms with van der Waals surface area (Å²) in [5, 5.41) is 17.6. The number of aryl methyl sites for hydroxylation is 1. The van der Waals surface area contributed by atoms with Crippen LogP contribution < -0.4 is 16.0 Å². The monoisotopic (exact) mass is 1090 g/mol. The van der Waals surface area contributed by atoms with E-state index in [0.29, 0.717) is 78.2 Å². The average molecular weight is 1090 g/mol. The molecule has 69 heavy (non-hydrogen) atoms. The summed E-state index contributed by atoms with van der Waals surface area (Å²) in [4.78, 5) is 98.0. The lowest BCUT2D eigenvalue weighted by Crippen LogP contribution is -2.52. The van der Waals surface area contributed by atoms with E-state index in [1.165, 1.54) is 5.56 Å². The number of amides is 3. The Morgan fingerprint density at radius 3 is 1.46 bits per heavy atom. The molecule has 4 N–H and O–H groups in total. The second kappa shape index (κ2) is 31.4. The Morgan fingerprint density at radius 2 is 1.03 bits per heavy atom. The Bertz CT molecular complexity index is 1720. The summed E-state index contributed by atoms with van der Waals surface area (Å²) in [6.07, 6.45) is 3.11. The Morgan fingerprint density at radius 1 is 0.580 bits per heavy atom. The number of aliphatic carboxylic acids is 1. The zero-order valence-corrected chi connectivity index (χ0v) is 44.9. The minimum absolute atomic E-state index is 0.0000524. The van der Waals surface area contributed by atoms with E-state index in [9.17, 15) is 33.6 Å². The number of halogens is 1. The maximum Gasteiger partial charge on any atom is 0.320 e. The average Bonchev–Trinajstić information content (AvgIpc) is 3.20. The second-order valence-electron chi connectivity index (χ2n) is 20.4. The first-order valence-corrected chi connectivity index (χ1v) is 25.3. The number of rotatable bonds is 25. The van der Waals surface area contributed by atoms with E-state index in [-0.39, 0.29) is 64.7 Å². The number of carboxylic acids is 1. The maximum absolute atomic E-state index is 14.0. The van der Waals surface area contributed by atoms with E-state index < -0.39 is 58.5 Å². The van der Waals surface area contributed by atoms with Gasteiger partial charge in [0.05, 0.1) is 45.8 Å². The summed E-state index contributed by atoms with van der Waals surface area (Å²) < 4.78 is 23.5. The van der Waals surface area contributed by atoms with Crippen molar-refractivity contribution in [3.63, 3.8) is 0 Å². The lowest BCUT2D eigenvalue weighted by molar-refractivity contribution is -0.158. The van der Waals surface area contributed by atoms with Crippen molar-refractivity contribution < 1.29 is 57.6 Å². The van der Waals surface area contributed by atoms with Gasteiger partial charge in [0.2, 0.25) is 17.7 Å². The topological polar surface area (TPSA) is 226 Å². The molecule has 1 aliphatic heterocycles. The van der Waals surface area contributed by atoms with Crippen molar-refractivity contribution in [3.8, 4) is 0 Å². The zero-order valence-electron chi connectivity index (χ0n) is 42.8. The number of hydrogen-bond acceptors (Lipinski definition) is 15. The first-order chi connectivity index (χ1) is 32.2. The van der Waals surface area contributed by atoms with Gasteiger partial charge in [0.1, 0.15) is 22.8 Å². The van der Waals surface area contributed by atoms with Gasteiger partial charge in [0.15, 0.2) is 0 Å². The summed E-state index contributed by atoms with van der Waals surface area (Å²) in [5.41, 5.74) is -0.926. The molecule has 0 aromatic heterocycles. The molecule has 0 unspecified atom stereocenters. The number of hydrogen-bond donors (Lipinski definition) is 4. The molecular formula is C49H82IN7O12. The summed E-state index contributed by atoms with van der Waals surface area (Å²) in [6.45, 7) is 19.5. The SMILES string of the molecule is CC(C)(C)OC(=O)CN1CCN(CC(=O)N[C@@H](CCCCNC(=O)CCCc2ccc(I)cc2)C(=O)NCCOCCC(=O)O)CCN(CC(=O)OC(C)(C)C)CCN(CC(=O)OC(C)(C)C)CC1. The van der Waals surface area contributed by atoms with Crippen LogP contribution in [0.3, 0.4) is 0 Å². The zero-order chi connectivity index (χ0) is 51.6. The molecule has 20 heteroatoms. The van der Waals surface area contributed by atoms with Gasteiger partial charge in [0.25, 0.3) is 0 Å². The normalized spacial score (nSPS) is 15.7. The number of carbonyl (C=O) groups is 7. The van der Waals surface area contributed by atoms with Crippen molar-refractivity contribution in [2.45, 2.75) is 130 Å². The van der Waals surface area contributed by atoms with E-state index in [2.05, 4.69) is 50.7 Å². The highest BCUT2D eigenvalue weighted by molar-refractivity contribution is 14.1. The predicted molar refractivity (Wildman–Crippen MR) is 270 cm³/mol. The third-order valence-corrected chi connectivity index (χ3v) is 11.0. The van der Waals surface area contributed by atoms with Crippen LogP contribution in [-0.2, 0) is 58.9 Å². The molecule has 1 aromatic rings. The number of esters is 3. The lowest BCUT2D eigenvalue weighted by atomic mass is 10.1. The summed E-state index contributed by atoms with van der Waals surface area (Å²) in [5.74, 6) is -3.12. The van der Waals surface area contributed by atoms with Crippen molar-refractivity contribution in [1.29, 1.82) is 0 Å². The van der Waals surface area contributed by atoms with Gasteiger partial charge in [-0.25, -0.2) is 0 Å². The van der Waals surface area contributed by atoms with Crippen LogP contribution in [0.5, 0.6) is 0 Å². The molecule has 19 nitrogen and oxygen atoms in total. The van der Waals surface area contributed by atoms with E-state index in [1.807, 2.05) is 31.7 Å². The molecule has 1 saturated heterocycles. The number of benzene rings is 1. The summed E-state index contributed by atoms with van der Waals surface area (Å²) in [7, 11) is 0. The van der Waals surface area contributed by atoms with Crippen LogP contribution in [0.1, 0.15) is 106 Å². The van der Waals surface area contributed by atoms with E-state index in [0.717, 1.165) is 16.4 Å². The summed E-state index contributed by atoms with van der Waals surface area (Å²) in [6, 6.07) is 7.29. The first-order valence-electron chi connectivity index (χ1n) is 24.2. The number of nitrogens with zero attached hydrogens (tertiary/aromatic N) is 4. The molecule has 392 valence electrons. The molecule has 0 saturated carbocycles. The predicted octanol–water partition coefficient (Wildman–Crippen LogP) is 3.24. The lowest BCUT2D eigenvalue weighted by Gasteiger charge is -2.34. The van der Waals surface area contributed by atoms with E-state index in [1.54, 1.807) is 62.3 Å². The minimum atomic E-state index is -0.995. The molecular weight excluding hydrogens is 1010 g/mol. The van der Waals surface area contributed by atoms with Gasteiger partial charge in [-0.15, -0.1) is 0 Å². The van der Waals surface area contributed by atoms with Gasteiger partial charge in [-0.05, 0) is 135 Å². The number of unbranched alkanes of at least 4 members (excludes halogenated alkanes) is 1. The van der Waals surface area contributed by atoms with Crippen molar-refractivity contribution >= 4 is 64.2 Å². The third kappa shape index (κ3) is 31.8. The van der Waals surface area contributed by atoms with Crippen molar-refractivity contribution in [1.82, 2.24) is 35.6 Å². The van der Waals surface area contributed by atoms with Crippen LogP contribution in [-0.4, -0.2) is 194 Å². The third-order valence-electron chi connectivity index (χ3n) is 10.3. The number of nitrogens with one attached hydrogen (secondary N) is 3. The number of ether oxygens (including phenoxy) is 4. The quantitative estimate of drug-likeness (QED) is 0.0478. The smallest absolute Gasteiger partial charge is 0.320 e. The van der Waals surface area contributed by atoms with Crippen molar-refractivity contribution in [2.24, 2.45) is 0 Å². The molecule has 0 radical (unpaired) electrons. The Hall–Kier alpha value is -3.96. The Kier molecular flexibility index (Phi) is 27.8. The molecule has 1 aromatic carbocycles.